The minimum Gasteiger partial charge on any atom is -0.388 e. The van der Waals surface area contributed by atoms with Crippen molar-refractivity contribution in [3.63, 3.8) is 0 Å². The van der Waals surface area contributed by atoms with Crippen molar-refractivity contribution in [2.24, 2.45) is 0 Å². The van der Waals surface area contributed by atoms with Gasteiger partial charge < -0.3 is 24.8 Å². The molecule has 5 nitrogen and oxygen atoms in total. The van der Waals surface area contributed by atoms with Crippen LogP contribution in [-0.2, 0) is 9.47 Å². The zero-order valence-electron chi connectivity index (χ0n) is 15.8. The van der Waals surface area contributed by atoms with E-state index in [2.05, 4.69) is 19.1 Å². The first-order valence-corrected chi connectivity index (χ1v) is 10.0. The summed E-state index contributed by atoms with van der Waals surface area (Å²) >= 11 is 0. The normalized spacial score (nSPS) is 25.0. The molecule has 1 heterocycles. The van der Waals surface area contributed by atoms with Gasteiger partial charge in [-0.3, -0.25) is 0 Å². The van der Waals surface area contributed by atoms with Gasteiger partial charge in [0.2, 0.25) is 0 Å². The van der Waals surface area contributed by atoms with Crippen LogP contribution < -0.4 is 0 Å². The molecule has 3 N–H and O–H groups in total. The number of aliphatic hydroxyl groups excluding tert-OH is 3. The van der Waals surface area contributed by atoms with Crippen LogP contribution in [0.5, 0.6) is 0 Å². The molecule has 148 valence electrons. The van der Waals surface area contributed by atoms with Crippen LogP contribution in [0.2, 0.25) is 0 Å². The molecule has 0 spiro atoms. The average Bonchev–Trinajstić information content (AvgIpc) is 2.94. The Morgan fingerprint density at radius 3 is 2.24 bits per heavy atom. The molecule has 1 saturated heterocycles. The first-order chi connectivity index (χ1) is 12.2. The Morgan fingerprint density at radius 1 is 1.00 bits per heavy atom. The van der Waals surface area contributed by atoms with E-state index in [1.807, 2.05) is 0 Å². The molecule has 0 aliphatic carbocycles. The highest BCUT2D eigenvalue weighted by atomic mass is 16.5. The molecule has 0 unspecified atom stereocenters. The van der Waals surface area contributed by atoms with Gasteiger partial charge in [-0.25, -0.2) is 0 Å². The molecule has 4 atom stereocenters. The smallest absolute Gasteiger partial charge is 0.114 e. The van der Waals surface area contributed by atoms with E-state index in [1.54, 1.807) is 0 Å². The minimum atomic E-state index is -1.03. The van der Waals surface area contributed by atoms with Gasteiger partial charge in [-0.2, -0.15) is 0 Å². The average molecular weight is 359 g/mol. The van der Waals surface area contributed by atoms with Crippen molar-refractivity contribution in [3.05, 3.63) is 12.2 Å². The van der Waals surface area contributed by atoms with Gasteiger partial charge in [-0.15, -0.1) is 0 Å². The van der Waals surface area contributed by atoms with E-state index in [9.17, 15) is 15.3 Å². The van der Waals surface area contributed by atoms with Crippen LogP contribution in [0.1, 0.15) is 71.1 Å². The predicted octanol–water partition coefficient (Wildman–Crippen LogP) is 2.96. The molecule has 0 aromatic carbocycles. The van der Waals surface area contributed by atoms with Crippen LogP contribution in [0.15, 0.2) is 12.2 Å². The van der Waals surface area contributed by atoms with Gasteiger partial charge in [-0.05, 0) is 25.7 Å². The molecule has 1 fully saturated rings. The maximum atomic E-state index is 9.90. The minimum absolute atomic E-state index is 0.0678. The Morgan fingerprint density at radius 2 is 1.64 bits per heavy atom. The van der Waals surface area contributed by atoms with Gasteiger partial charge >= 0.3 is 0 Å². The summed E-state index contributed by atoms with van der Waals surface area (Å²) in [4.78, 5) is 0. The molecule has 1 rings (SSSR count). The molecule has 1 aliphatic rings. The summed E-state index contributed by atoms with van der Waals surface area (Å²) in [5.74, 6) is 0. The maximum absolute atomic E-state index is 9.90. The predicted molar refractivity (Wildman–Crippen MR) is 99.6 cm³/mol. The van der Waals surface area contributed by atoms with Crippen molar-refractivity contribution in [2.75, 3.05) is 19.8 Å². The topological polar surface area (TPSA) is 79.2 Å². The molecule has 0 radical (unpaired) electrons. The molecule has 0 aromatic heterocycles. The fourth-order valence-corrected chi connectivity index (χ4v) is 3.07. The van der Waals surface area contributed by atoms with Crippen LogP contribution in [0.25, 0.3) is 0 Å². The highest BCUT2D eigenvalue weighted by molar-refractivity contribution is 4.87. The Hall–Kier alpha value is -0.460. The fraction of sp³-hybridized carbons (Fsp3) is 0.900. The van der Waals surface area contributed by atoms with E-state index in [0.29, 0.717) is 6.61 Å². The molecule has 25 heavy (non-hydrogen) atoms. The summed E-state index contributed by atoms with van der Waals surface area (Å²) in [6, 6.07) is 0. The lowest BCUT2D eigenvalue weighted by atomic mass is 10.1. The third-order valence-corrected chi connectivity index (χ3v) is 4.67. The molecular weight excluding hydrogens is 320 g/mol. The maximum Gasteiger partial charge on any atom is 0.114 e. The zero-order valence-corrected chi connectivity index (χ0v) is 15.8. The van der Waals surface area contributed by atoms with Crippen LogP contribution >= 0.6 is 0 Å². The lowest BCUT2D eigenvalue weighted by molar-refractivity contribution is -0.0813. The van der Waals surface area contributed by atoms with Gasteiger partial charge in [0, 0.05) is 6.61 Å². The summed E-state index contributed by atoms with van der Waals surface area (Å²) in [6.07, 6.45) is 13.3. The van der Waals surface area contributed by atoms with Gasteiger partial charge in [0.25, 0.3) is 0 Å². The SMILES string of the molecule is CC/C=C/CCCCCCCCCCOC[C@H](O)[C@H]1OC[C@@H](O)[C@H]1O. The van der Waals surface area contributed by atoms with E-state index < -0.39 is 24.4 Å². The van der Waals surface area contributed by atoms with E-state index >= 15 is 0 Å². The number of ether oxygens (including phenoxy) is 2. The van der Waals surface area contributed by atoms with Crippen LogP contribution in [0, 0.1) is 0 Å². The summed E-state index contributed by atoms with van der Waals surface area (Å²) in [6.45, 7) is 2.99. The van der Waals surface area contributed by atoms with Crippen molar-refractivity contribution in [1.82, 2.24) is 0 Å². The number of allylic oxidation sites excluding steroid dienone is 2. The molecule has 1 aliphatic heterocycles. The summed E-state index contributed by atoms with van der Waals surface area (Å²) < 4.78 is 10.6. The number of aliphatic hydroxyl groups is 3. The van der Waals surface area contributed by atoms with Crippen molar-refractivity contribution < 1.29 is 24.8 Å². The van der Waals surface area contributed by atoms with E-state index in [0.717, 1.165) is 19.3 Å². The highest BCUT2D eigenvalue weighted by Crippen LogP contribution is 2.18. The van der Waals surface area contributed by atoms with Crippen molar-refractivity contribution in [2.45, 2.75) is 95.5 Å². The Labute approximate surface area is 153 Å². The lowest BCUT2D eigenvalue weighted by Crippen LogP contribution is -2.40. The largest absolute Gasteiger partial charge is 0.388 e. The van der Waals surface area contributed by atoms with Gasteiger partial charge in [0.15, 0.2) is 0 Å². The molecule has 0 bridgehead atoms. The van der Waals surface area contributed by atoms with Crippen molar-refractivity contribution in [1.29, 1.82) is 0 Å². The fourth-order valence-electron chi connectivity index (χ4n) is 3.07. The van der Waals surface area contributed by atoms with E-state index in [-0.39, 0.29) is 13.2 Å². The molecule has 0 aromatic rings. The van der Waals surface area contributed by atoms with E-state index in [1.165, 1.54) is 44.9 Å². The summed E-state index contributed by atoms with van der Waals surface area (Å²) in [5.41, 5.74) is 0. The molecular formula is C20H38O5. The molecule has 0 amide bonds. The second-order valence-corrected chi connectivity index (χ2v) is 6.99. The van der Waals surface area contributed by atoms with Crippen LogP contribution in [0.4, 0.5) is 0 Å². The van der Waals surface area contributed by atoms with Gasteiger partial charge in [0.05, 0.1) is 13.2 Å². The Kier molecular flexibility index (Phi) is 13.3. The Bertz CT molecular complexity index is 334. The number of rotatable bonds is 15. The molecule has 5 heteroatoms. The van der Waals surface area contributed by atoms with Gasteiger partial charge in [0.1, 0.15) is 24.4 Å². The number of unbranched alkanes of at least 4 members (excludes halogenated alkanes) is 8. The van der Waals surface area contributed by atoms with Gasteiger partial charge in [-0.1, -0.05) is 57.6 Å². The van der Waals surface area contributed by atoms with Crippen molar-refractivity contribution >= 4 is 0 Å². The third kappa shape index (κ3) is 10.3. The first kappa shape index (κ1) is 22.6. The zero-order chi connectivity index (χ0) is 18.3. The standard InChI is InChI=1S/C20H38O5/c1-2-3-4-5-6-7-8-9-10-11-12-13-14-24-15-18(22)20-19(23)17(21)16-25-20/h3-4,17-23H,2,5-16H2,1H3/b4-3+/t17-,18+,19-,20-/m1/s1. The van der Waals surface area contributed by atoms with Crippen LogP contribution in [0.3, 0.4) is 0 Å². The summed E-state index contributed by atoms with van der Waals surface area (Å²) in [7, 11) is 0. The monoisotopic (exact) mass is 358 g/mol. The number of hydrogen-bond donors (Lipinski definition) is 3. The first-order valence-electron chi connectivity index (χ1n) is 10.0. The molecule has 0 saturated carbocycles. The number of hydrogen-bond acceptors (Lipinski definition) is 5. The highest BCUT2D eigenvalue weighted by Gasteiger charge is 2.39. The second kappa shape index (κ2) is 14.7. The Balaban J connectivity index is 1.82. The lowest BCUT2D eigenvalue weighted by Gasteiger charge is -2.20. The van der Waals surface area contributed by atoms with Crippen molar-refractivity contribution in [3.8, 4) is 0 Å². The third-order valence-electron chi connectivity index (χ3n) is 4.67. The second-order valence-electron chi connectivity index (χ2n) is 6.99. The van der Waals surface area contributed by atoms with Crippen LogP contribution in [-0.4, -0.2) is 59.6 Å². The van der Waals surface area contributed by atoms with E-state index in [4.69, 9.17) is 9.47 Å². The summed E-state index contributed by atoms with van der Waals surface area (Å²) in [5, 5.41) is 28.9. The quantitative estimate of drug-likeness (QED) is 0.310.